The molecule has 164 valence electrons. The summed E-state index contributed by atoms with van der Waals surface area (Å²) in [5, 5.41) is 11.6. The van der Waals surface area contributed by atoms with Gasteiger partial charge in [0.1, 0.15) is 17.0 Å². The number of benzene rings is 2. The molecule has 1 N–H and O–H groups in total. The van der Waals surface area contributed by atoms with E-state index in [1.165, 1.54) is 36.1 Å². The maximum Gasteiger partial charge on any atom is 0.290 e. The highest BCUT2D eigenvalue weighted by Crippen LogP contribution is 2.27. The Morgan fingerprint density at radius 2 is 1.88 bits per heavy atom. The van der Waals surface area contributed by atoms with Crippen molar-refractivity contribution in [2.45, 2.75) is 18.5 Å². The third kappa shape index (κ3) is 4.24. The molecule has 32 heavy (non-hydrogen) atoms. The van der Waals surface area contributed by atoms with E-state index in [0.717, 1.165) is 12.0 Å². The summed E-state index contributed by atoms with van der Waals surface area (Å²) >= 11 is 1.18. The zero-order chi connectivity index (χ0) is 22.7. The number of methoxy groups -OCH3 is 2. The maximum absolute atomic E-state index is 12.9. The lowest BCUT2D eigenvalue weighted by Gasteiger charge is -2.09. The zero-order valence-electron chi connectivity index (χ0n) is 17.9. The number of ketones is 1. The van der Waals surface area contributed by atoms with E-state index in [0.29, 0.717) is 33.4 Å². The molecule has 2 heterocycles. The maximum atomic E-state index is 12.9. The summed E-state index contributed by atoms with van der Waals surface area (Å²) < 4.78 is 12.0. The van der Waals surface area contributed by atoms with Crippen LogP contribution in [0.15, 0.2) is 58.5 Å². The predicted octanol–water partition coefficient (Wildman–Crippen LogP) is 3.64. The number of rotatable bonds is 8. The van der Waals surface area contributed by atoms with Crippen molar-refractivity contribution in [2.75, 3.05) is 20.0 Å². The molecule has 0 saturated carbocycles. The lowest BCUT2D eigenvalue weighted by atomic mass is 10.1. The number of hydrogen-bond acceptors (Lipinski definition) is 7. The van der Waals surface area contributed by atoms with Crippen LogP contribution in [0.2, 0.25) is 0 Å². The quantitative estimate of drug-likeness (QED) is 0.323. The number of hydrogen-bond donors (Lipinski definition) is 1. The first kappa shape index (κ1) is 21.6. The number of H-pyrrole nitrogens is 1. The third-order valence-corrected chi connectivity index (χ3v) is 6.00. The van der Waals surface area contributed by atoms with Gasteiger partial charge in [-0.25, -0.2) is 9.61 Å². The van der Waals surface area contributed by atoms with Crippen LogP contribution in [0.25, 0.3) is 16.8 Å². The van der Waals surface area contributed by atoms with E-state index in [-0.39, 0.29) is 17.1 Å². The van der Waals surface area contributed by atoms with Crippen LogP contribution in [0.4, 0.5) is 0 Å². The fourth-order valence-corrected chi connectivity index (χ4v) is 4.06. The number of aryl methyl sites for hydroxylation is 1. The molecule has 0 unspecified atom stereocenters. The smallest absolute Gasteiger partial charge is 0.290 e. The first-order valence-electron chi connectivity index (χ1n) is 9.99. The Kier molecular flexibility index (Phi) is 6.27. The number of carbonyl (C=O) groups excluding carboxylic acids is 1. The number of nitrogens with zero attached hydrogens (tertiary/aromatic N) is 3. The van der Waals surface area contributed by atoms with Crippen LogP contribution in [0, 0.1) is 0 Å². The molecule has 4 rings (SSSR count). The topological polar surface area (TPSA) is 98.6 Å². The van der Waals surface area contributed by atoms with Crippen LogP contribution in [-0.4, -0.2) is 45.6 Å². The summed E-state index contributed by atoms with van der Waals surface area (Å²) in [6.45, 7) is 2.09. The van der Waals surface area contributed by atoms with Crippen LogP contribution < -0.4 is 15.0 Å². The van der Waals surface area contributed by atoms with Gasteiger partial charge in [0.05, 0.1) is 31.2 Å². The molecule has 0 radical (unpaired) electrons. The molecule has 2 aromatic carbocycles. The van der Waals surface area contributed by atoms with Crippen molar-refractivity contribution in [1.82, 2.24) is 19.8 Å². The number of thioether (sulfide) groups is 1. The van der Waals surface area contributed by atoms with Crippen molar-refractivity contribution in [3.63, 3.8) is 0 Å². The standard InChI is InChI=1S/C23H22N4O4S/c1-4-14-5-7-15(8-6-14)18-12-19-22(29)24-25-23(27(19)26-18)32-13-20(28)17-11-16(30-2)9-10-21(17)31-3/h5-12H,4,13H2,1-3H3,(H,24,29). The van der Waals surface area contributed by atoms with Gasteiger partial charge in [-0.05, 0) is 36.2 Å². The van der Waals surface area contributed by atoms with Gasteiger partial charge < -0.3 is 9.47 Å². The molecule has 0 aliphatic rings. The molecule has 9 heteroatoms. The van der Waals surface area contributed by atoms with Crippen molar-refractivity contribution in [2.24, 2.45) is 0 Å². The first-order chi connectivity index (χ1) is 15.5. The number of aromatic nitrogens is 4. The average Bonchev–Trinajstić information content (AvgIpc) is 3.29. The summed E-state index contributed by atoms with van der Waals surface area (Å²) in [5.74, 6) is 0.953. The van der Waals surface area contributed by atoms with Gasteiger partial charge >= 0.3 is 0 Å². The molecular weight excluding hydrogens is 428 g/mol. The number of carbonyl (C=O) groups is 1. The van der Waals surface area contributed by atoms with E-state index in [4.69, 9.17) is 9.47 Å². The Morgan fingerprint density at radius 1 is 1.09 bits per heavy atom. The number of nitrogens with one attached hydrogen (secondary N) is 1. The molecule has 0 saturated heterocycles. The molecule has 0 aliphatic carbocycles. The summed E-state index contributed by atoms with van der Waals surface area (Å²) in [6.07, 6.45) is 0.946. The third-order valence-electron chi connectivity index (χ3n) is 5.07. The molecule has 8 nitrogen and oxygen atoms in total. The summed E-state index contributed by atoms with van der Waals surface area (Å²) in [6, 6.07) is 14.8. The van der Waals surface area contributed by atoms with E-state index in [1.807, 2.05) is 24.3 Å². The summed E-state index contributed by atoms with van der Waals surface area (Å²) in [4.78, 5) is 25.2. The SMILES string of the molecule is CCc1ccc(-c2cc3c(=O)[nH]nc(SCC(=O)c4cc(OC)ccc4OC)n3n2)cc1. The van der Waals surface area contributed by atoms with Crippen molar-refractivity contribution in [3.05, 3.63) is 70.0 Å². The van der Waals surface area contributed by atoms with Gasteiger partial charge in [-0.3, -0.25) is 9.59 Å². The van der Waals surface area contributed by atoms with Gasteiger partial charge in [-0.2, -0.15) is 5.10 Å². The van der Waals surface area contributed by atoms with Crippen LogP contribution in [0.3, 0.4) is 0 Å². The second-order valence-electron chi connectivity index (χ2n) is 6.99. The number of aromatic amines is 1. The van der Waals surface area contributed by atoms with Crippen LogP contribution in [-0.2, 0) is 6.42 Å². The molecule has 0 fully saturated rings. The lowest BCUT2D eigenvalue weighted by Crippen LogP contribution is -2.15. The fourth-order valence-electron chi connectivity index (χ4n) is 3.28. The zero-order valence-corrected chi connectivity index (χ0v) is 18.7. The first-order valence-corrected chi connectivity index (χ1v) is 11.0. The normalized spacial score (nSPS) is 11.0. The van der Waals surface area contributed by atoms with Crippen molar-refractivity contribution < 1.29 is 14.3 Å². The van der Waals surface area contributed by atoms with E-state index >= 15 is 0 Å². The summed E-state index contributed by atoms with van der Waals surface area (Å²) in [7, 11) is 3.05. The Morgan fingerprint density at radius 3 is 2.56 bits per heavy atom. The van der Waals surface area contributed by atoms with Gasteiger partial charge in [-0.1, -0.05) is 43.0 Å². The van der Waals surface area contributed by atoms with Crippen LogP contribution in [0.1, 0.15) is 22.8 Å². The van der Waals surface area contributed by atoms with Gasteiger partial charge in [0, 0.05) is 5.56 Å². The van der Waals surface area contributed by atoms with Gasteiger partial charge in [0.2, 0.25) is 5.16 Å². The second kappa shape index (κ2) is 9.27. The second-order valence-corrected chi connectivity index (χ2v) is 7.93. The Labute approximate surface area is 188 Å². The van der Waals surface area contributed by atoms with Crippen molar-refractivity contribution in [1.29, 1.82) is 0 Å². The molecule has 0 bridgehead atoms. The van der Waals surface area contributed by atoms with Gasteiger partial charge in [0.15, 0.2) is 5.78 Å². The molecular formula is C23H22N4O4S. The highest BCUT2D eigenvalue weighted by atomic mass is 32.2. The lowest BCUT2D eigenvalue weighted by molar-refractivity contribution is 0.101. The van der Waals surface area contributed by atoms with Crippen LogP contribution in [0.5, 0.6) is 11.5 Å². The largest absolute Gasteiger partial charge is 0.497 e. The summed E-state index contributed by atoms with van der Waals surface area (Å²) in [5.41, 5.74) is 3.21. The number of ether oxygens (including phenoxy) is 2. The minimum Gasteiger partial charge on any atom is -0.497 e. The van der Waals surface area contributed by atoms with Gasteiger partial charge in [-0.15, -0.1) is 5.10 Å². The fraction of sp³-hybridized carbons (Fsp3) is 0.217. The average molecular weight is 451 g/mol. The van der Waals surface area contributed by atoms with Crippen molar-refractivity contribution in [3.8, 4) is 22.8 Å². The Hall–Kier alpha value is -3.59. The molecule has 4 aromatic rings. The minimum absolute atomic E-state index is 0.0814. The Balaban J connectivity index is 1.62. The Bertz CT molecular complexity index is 1330. The van der Waals surface area contributed by atoms with Crippen LogP contribution >= 0.6 is 11.8 Å². The number of fused-ring (bicyclic) bond motifs is 1. The highest BCUT2D eigenvalue weighted by Gasteiger charge is 2.17. The van der Waals surface area contributed by atoms with Gasteiger partial charge in [0.25, 0.3) is 5.56 Å². The van der Waals surface area contributed by atoms with E-state index < -0.39 is 0 Å². The molecule has 0 spiro atoms. The van der Waals surface area contributed by atoms with E-state index in [2.05, 4.69) is 22.2 Å². The van der Waals surface area contributed by atoms with Crippen molar-refractivity contribution >= 4 is 23.1 Å². The predicted molar refractivity (Wildman–Crippen MR) is 123 cm³/mol. The van der Waals surface area contributed by atoms with E-state index in [1.54, 1.807) is 24.3 Å². The monoisotopic (exact) mass is 450 g/mol. The molecule has 0 amide bonds. The minimum atomic E-state index is -0.348. The highest BCUT2D eigenvalue weighted by molar-refractivity contribution is 7.99. The molecule has 0 aliphatic heterocycles. The molecule has 2 aromatic heterocycles. The molecule has 0 atom stereocenters. The number of Topliss-reactive ketones (excluding diaryl/α,β-unsaturated/α-hetero) is 1. The van der Waals surface area contributed by atoms with E-state index in [9.17, 15) is 9.59 Å².